The van der Waals surface area contributed by atoms with Gasteiger partial charge in [0.15, 0.2) is 12.2 Å². The number of esters is 5. The molecular weight excluding hydrogens is 568 g/mol. The maximum atomic E-state index is 12.6. The van der Waals surface area contributed by atoms with Gasteiger partial charge < -0.3 is 28.4 Å². The van der Waals surface area contributed by atoms with Crippen molar-refractivity contribution in [3.05, 3.63) is 0 Å². The Morgan fingerprint density at radius 1 is 0.452 bits per heavy atom. The number of ether oxygens (including phenoxy) is 6. The van der Waals surface area contributed by atoms with Gasteiger partial charge in [0.2, 0.25) is 12.4 Å². The molecule has 0 saturated carbocycles. The van der Waals surface area contributed by atoms with Crippen LogP contribution in [0.4, 0.5) is 0 Å². The van der Waals surface area contributed by atoms with E-state index < -0.39 is 128 Å². The number of hydrogen-bond acceptors (Lipinski definition) is 16. The number of carbonyl (C=O) groups excluding carboxylic acids is 10. The van der Waals surface area contributed by atoms with Gasteiger partial charge in [-0.15, -0.1) is 0 Å². The van der Waals surface area contributed by atoms with Crippen molar-refractivity contribution in [2.45, 2.75) is 97.4 Å². The molecule has 1 fully saturated rings. The fraction of sp³-hybridized carbons (Fsp3) is 0.615. The first kappa shape index (κ1) is 35.7. The third-order valence-corrected chi connectivity index (χ3v) is 5.02. The van der Waals surface area contributed by atoms with Crippen LogP contribution < -0.4 is 0 Å². The van der Waals surface area contributed by atoms with E-state index in [9.17, 15) is 47.9 Å². The van der Waals surface area contributed by atoms with E-state index in [1.54, 1.807) is 0 Å². The SMILES string of the molecule is CC(=O)CC(=O)OC[C@H]1O[C@@H](OC(=O)CC(C)=O)[C@H](OC(=O)CC(C)=O)[C@@H](OC(=O)CC(C)=O)[C@@H]1OC(=O)CC(C)=O. The minimum absolute atomic E-state index is 0.557. The summed E-state index contributed by atoms with van der Waals surface area (Å²) in [6.07, 6.45) is -13.1. The van der Waals surface area contributed by atoms with Crippen molar-refractivity contribution in [1.82, 2.24) is 0 Å². The fourth-order valence-electron chi connectivity index (χ4n) is 3.50. The first-order valence-corrected chi connectivity index (χ1v) is 12.5. The molecule has 1 heterocycles. The van der Waals surface area contributed by atoms with Crippen LogP contribution in [0.2, 0.25) is 0 Å². The molecule has 42 heavy (non-hydrogen) atoms. The van der Waals surface area contributed by atoms with E-state index in [-0.39, 0.29) is 0 Å². The lowest BCUT2D eigenvalue weighted by molar-refractivity contribution is -0.301. The first-order valence-electron chi connectivity index (χ1n) is 12.5. The average Bonchev–Trinajstić information content (AvgIpc) is 2.79. The van der Waals surface area contributed by atoms with Crippen molar-refractivity contribution in [2.75, 3.05) is 6.61 Å². The quantitative estimate of drug-likeness (QED) is 0.123. The third-order valence-electron chi connectivity index (χ3n) is 5.02. The maximum absolute atomic E-state index is 12.6. The molecule has 0 N–H and O–H groups in total. The maximum Gasteiger partial charge on any atom is 0.315 e. The van der Waals surface area contributed by atoms with E-state index in [1.165, 1.54) is 0 Å². The van der Waals surface area contributed by atoms with Gasteiger partial charge in [-0.3, -0.25) is 47.9 Å². The van der Waals surface area contributed by atoms with Gasteiger partial charge in [-0.2, -0.15) is 0 Å². The molecule has 0 amide bonds. The molecule has 0 unspecified atom stereocenters. The Balaban J connectivity index is 3.63. The molecule has 5 atom stereocenters. The van der Waals surface area contributed by atoms with E-state index in [0.717, 1.165) is 34.6 Å². The summed E-state index contributed by atoms with van der Waals surface area (Å²) in [5, 5.41) is 0. The summed E-state index contributed by atoms with van der Waals surface area (Å²) in [5.41, 5.74) is 0. The minimum Gasteiger partial charge on any atom is -0.462 e. The molecular formula is C26H32O16. The standard InChI is InChI=1S/C26H32O16/c1-12(27)6-18(32)37-11-17-23(39-19(33)7-13(2)28)24(40-20(34)8-14(3)29)25(41-21(35)9-15(4)30)26(38-17)42-22(36)10-16(5)31/h17,23-26H,6-11H2,1-5H3/t17-,23-,24+,25-,26+/m1/s1. The summed E-state index contributed by atoms with van der Waals surface area (Å²) in [6.45, 7) is 4.57. The van der Waals surface area contributed by atoms with E-state index in [2.05, 4.69) is 0 Å². The van der Waals surface area contributed by atoms with Crippen LogP contribution >= 0.6 is 0 Å². The Morgan fingerprint density at radius 2 is 0.786 bits per heavy atom. The fourth-order valence-corrected chi connectivity index (χ4v) is 3.50. The van der Waals surface area contributed by atoms with Crippen LogP contribution in [0, 0.1) is 0 Å². The Bertz CT molecular complexity index is 1120. The van der Waals surface area contributed by atoms with E-state index in [1.807, 2.05) is 0 Å². The zero-order valence-electron chi connectivity index (χ0n) is 23.7. The van der Waals surface area contributed by atoms with Crippen LogP contribution in [0.15, 0.2) is 0 Å². The van der Waals surface area contributed by atoms with Gasteiger partial charge in [-0.1, -0.05) is 0 Å². The lowest BCUT2D eigenvalue weighted by Crippen LogP contribution is -2.63. The van der Waals surface area contributed by atoms with Crippen molar-refractivity contribution in [1.29, 1.82) is 0 Å². The van der Waals surface area contributed by atoms with Gasteiger partial charge in [-0.25, -0.2) is 0 Å². The van der Waals surface area contributed by atoms with Crippen LogP contribution in [0.5, 0.6) is 0 Å². The Labute approximate surface area is 239 Å². The largest absolute Gasteiger partial charge is 0.462 e. The number of Topliss-reactive ketones (excluding diaryl/α,β-unsaturated/α-hetero) is 5. The normalized spacial score (nSPS) is 21.2. The molecule has 1 aliphatic heterocycles. The van der Waals surface area contributed by atoms with Crippen LogP contribution in [0.25, 0.3) is 0 Å². The smallest absolute Gasteiger partial charge is 0.315 e. The molecule has 0 radical (unpaired) electrons. The highest BCUT2D eigenvalue weighted by atomic mass is 16.7. The van der Waals surface area contributed by atoms with Crippen LogP contribution in [0.3, 0.4) is 0 Å². The van der Waals surface area contributed by atoms with Gasteiger partial charge in [-0.05, 0) is 34.6 Å². The van der Waals surface area contributed by atoms with Crippen molar-refractivity contribution in [2.24, 2.45) is 0 Å². The van der Waals surface area contributed by atoms with Crippen LogP contribution in [-0.4, -0.2) is 96.1 Å². The summed E-state index contributed by atoms with van der Waals surface area (Å²) in [4.78, 5) is 119. The van der Waals surface area contributed by atoms with Crippen molar-refractivity contribution >= 4 is 58.8 Å². The molecule has 16 nitrogen and oxygen atoms in total. The summed E-state index contributed by atoms with van der Waals surface area (Å²) >= 11 is 0. The topological polar surface area (TPSA) is 226 Å². The highest BCUT2D eigenvalue weighted by molar-refractivity contribution is 5.96. The molecule has 0 aromatic heterocycles. The second kappa shape index (κ2) is 16.8. The predicted molar refractivity (Wildman–Crippen MR) is 132 cm³/mol. The lowest BCUT2D eigenvalue weighted by atomic mass is 9.97. The molecule has 0 aromatic carbocycles. The molecule has 1 rings (SSSR count). The van der Waals surface area contributed by atoms with Gasteiger partial charge in [0.25, 0.3) is 0 Å². The van der Waals surface area contributed by atoms with Crippen molar-refractivity contribution in [3.8, 4) is 0 Å². The summed E-state index contributed by atoms with van der Waals surface area (Å²) in [5.74, 6) is -8.94. The number of carbonyl (C=O) groups is 10. The average molecular weight is 601 g/mol. The van der Waals surface area contributed by atoms with E-state index >= 15 is 0 Å². The Hall–Kier alpha value is -4.34. The molecule has 0 bridgehead atoms. The van der Waals surface area contributed by atoms with Gasteiger partial charge >= 0.3 is 29.8 Å². The number of ketones is 5. The number of hydrogen-bond donors (Lipinski definition) is 0. The number of rotatable bonds is 16. The summed E-state index contributed by atoms with van der Waals surface area (Å²) in [6, 6.07) is 0. The second-order valence-electron chi connectivity index (χ2n) is 9.47. The molecule has 0 aliphatic carbocycles. The Morgan fingerprint density at radius 3 is 1.19 bits per heavy atom. The molecule has 0 spiro atoms. The molecule has 0 aromatic rings. The molecule has 232 valence electrons. The first-order chi connectivity index (χ1) is 19.5. The van der Waals surface area contributed by atoms with Crippen LogP contribution in [-0.2, 0) is 76.4 Å². The summed E-state index contributed by atoms with van der Waals surface area (Å²) in [7, 11) is 0. The van der Waals surface area contributed by atoms with E-state index in [4.69, 9.17) is 28.4 Å². The molecule has 1 aliphatic rings. The van der Waals surface area contributed by atoms with Gasteiger partial charge in [0.05, 0.1) is 0 Å². The lowest BCUT2D eigenvalue weighted by Gasteiger charge is -2.43. The highest BCUT2D eigenvalue weighted by Crippen LogP contribution is 2.31. The van der Waals surface area contributed by atoms with Gasteiger partial charge in [0, 0.05) is 0 Å². The zero-order chi connectivity index (χ0) is 32.1. The highest BCUT2D eigenvalue weighted by Gasteiger charge is 2.54. The Kier molecular flexibility index (Phi) is 14.3. The summed E-state index contributed by atoms with van der Waals surface area (Å²) < 4.78 is 31.6. The second-order valence-corrected chi connectivity index (χ2v) is 9.47. The van der Waals surface area contributed by atoms with Crippen molar-refractivity contribution in [3.63, 3.8) is 0 Å². The third kappa shape index (κ3) is 13.3. The van der Waals surface area contributed by atoms with Crippen LogP contribution in [0.1, 0.15) is 66.7 Å². The zero-order valence-corrected chi connectivity index (χ0v) is 23.7. The van der Waals surface area contributed by atoms with E-state index in [0.29, 0.717) is 0 Å². The van der Waals surface area contributed by atoms with Gasteiger partial charge in [0.1, 0.15) is 73.7 Å². The molecule has 1 saturated heterocycles. The minimum atomic E-state index is -2.00. The predicted octanol–water partition coefficient (Wildman–Crippen LogP) is -0.571. The van der Waals surface area contributed by atoms with Crippen molar-refractivity contribution < 1.29 is 76.4 Å². The molecule has 16 heteroatoms. The monoisotopic (exact) mass is 600 g/mol.